The lowest BCUT2D eigenvalue weighted by molar-refractivity contribution is -0.409. The molecule has 4 aromatic rings. The summed E-state index contributed by atoms with van der Waals surface area (Å²) in [5.41, 5.74) is 0.0519. The molecule has 2 aliphatic rings. The Hall–Kier alpha value is -3.26. The van der Waals surface area contributed by atoms with Crippen molar-refractivity contribution in [2.75, 3.05) is 19.8 Å². The Labute approximate surface area is 352 Å². The van der Waals surface area contributed by atoms with Crippen LogP contribution in [-0.4, -0.2) is 84.9 Å². The molecule has 9 nitrogen and oxygen atoms in total. The largest absolute Gasteiger partial charge is 0.414 e. The predicted octanol–water partition coefficient (Wildman–Crippen LogP) is 8.39. The first-order chi connectivity index (χ1) is 28.2. The predicted molar refractivity (Wildman–Crippen MR) is 232 cm³/mol. The molecule has 0 aliphatic carbocycles. The summed E-state index contributed by atoms with van der Waals surface area (Å²) < 4.78 is 40.2. The third kappa shape index (κ3) is 10.4. The van der Waals surface area contributed by atoms with Crippen molar-refractivity contribution in [2.45, 2.75) is 133 Å². The van der Waals surface area contributed by atoms with Crippen molar-refractivity contribution >= 4 is 8.32 Å². The zero-order valence-corrected chi connectivity index (χ0v) is 36.8. The molecule has 4 aromatic carbocycles. The van der Waals surface area contributed by atoms with E-state index in [-0.39, 0.29) is 50.1 Å². The molecule has 0 aromatic heterocycles. The van der Waals surface area contributed by atoms with E-state index in [0.717, 1.165) is 23.1 Å². The van der Waals surface area contributed by atoms with Crippen molar-refractivity contribution in [3.8, 4) is 0 Å². The van der Waals surface area contributed by atoms with Gasteiger partial charge in [0.05, 0.1) is 39.6 Å². The fourth-order valence-electron chi connectivity index (χ4n) is 8.28. The van der Waals surface area contributed by atoms with Gasteiger partial charge < -0.3 is 43.4 Å². The summed E-state index contributed by atoms with van der Waals surface area (Å²) >= 11 is 0. The second-order valence-electron chi connectivity index (χ2n) is 18.1. The van der Waals surface area contributed by atoms with Crippen molar-refractivity contribution in [3.63, 3.8) is 0 Å². The number of hydrogen-bond donors (Lipinski definition) is 3. The summed E-state index contributed by atoms with van der Waals surface area (Å²) in [7, 11) is -2.18. The lowest BCUT2D eigenvalue weighted by Crippen LogP contribution is -2.74. The third-order valence-electron chi connectivity index (χ3n) is 12.8. The van der Waals surface area contributed by atoms with Gasteiger partial charge in [0.25, 0.3) is 0 Å². The smallest absolute Gasteiger partial charge is 0.198 e. The number of aliphatic hydroxyl groups is 3. The van der Waals surface area contributed by atoms with E-state index < -0.39 is 50.2 Å². The van der Waals surface area contributed by atoms with E-state index in [4.69, 9.17) is 28.1 Å². The molecule has 2 bridgehead atoms. The SMILES string of the molecule is C[C@H](Cc1ccccc1)[C@@H](CCC[C@@]12O[C@H](COCc3ccccc3)[C@@](O)(COCc3ccccc3)[C@@](CO)(O1)[C@H](O)[C@@H]2OCc1ccccc1)O[Si](C)(C)C(C)(C)C. The van der Waals surface area contributed by atoms with E-state index in [9.17, 15) is 15.3 Å². The number of aliphatic hydroxyl groups excluding tert-OH is 2. The molecule has 2 saturated heterocycles. The van der Waals surface area contributed by atoms with Crippen LogP contribution < -0.4 is 0 Å². The van der Waals surface area contributed by atoms with Gasteiger partial charge >= 0.3 is 0 Å². The Morgan fingerprint density at radius 2 is 1.25 bits per heavy atom. The van der Waals surface area contributed by atoms with Gasteiger partial charge in [0.15, 0.2) is 25.3 Å². The molecule has 0 amide bonds. The summed E-state index contributed by atoms with van der Waals surface area (Å²) in [5, 5.41) is 36.8. The fraction of sp³-hybridized carbons (Fsp3) is 0.510. The molecule has 320 valence electrons. The summed E-state index contributed by atoms with van der Waals surface area (Å²) in [6.07, 6.45) is -1.24. The average molecular weight is 827 g/mol. The van der Waals surface area contributed by atoms with Crippen molar-refractivity contribution in [1.82, 2.24) is 0 Å². The third-order valence-corrected chi connectivity index (χ3v) is 17.3. The van der Waals surface area contributed by atoms with E-state index in [1.165, 1.54) is 5.56 Å². The molecular formula is C49H66O9Si. The van der Waals surface area contributed by atoms with Crippen LogP contribution in [0.25, 0.3) is 0 Å². The van der Waals surface area contributed by atoms with E-state index >= 15 is 0 Å². The number of fused-ring (bicyclic) bond motifs is 2. The zero-order valence-electron chi connectivity index (χ0n) is 35.8. The van der Waals surface area contributed by atoms with Gasteiger partial charge in [0.1, 0.15) is 18.3 Å². The minimum absolute atomic E-state index is 0.0126. The lowest BCUT2D eigenvalue weighted by Gasteiger charge is -2.53. The summed E-state index contributed by atoms with van der Waals surface area (Å²) in [4.78, 5) is 0. The molecule has 0 radical (unpaired) electrons. The van der Waals surface area contributed by atoms with Crippen molar-refractivity contribution in [1.29, 1.82) is 0 Å². The first-order valence-corrected chi connectivity index (χ1v) is 24.1. The highest BCUT2D eigenvalue weighted by atomic mass is 28.4. The summed E-state index contributed by atoms with van der Waals surface area (Å²) in [6, 6.07) is 39.6. The Bertz CT molecular complexity index is 1840. The second kappa shape index (κ2) is 19.6. The van der Waals surface area contributed by atoms with Crippen molar-refractivity contribution in [3.05, 3.63) is 144 Å². The van der Waals surface area contributed by atoms with E-state index in [1.807, 2.05) is 97.1 Å². The average Bonchev–Trinajstić information content (AvgIpc) is 3.44. The zero-order chi connectivity index (χ0) is 42.2. The van der Waals surface area contributed by atoms with Crippen LogP contribution >= 0.6 is 0 Å². The molecule has 3 N–H and O–H groups in total. The molecule has 0 saturated carbocycles. The lowest BCUT2D eigenvalue weighted by atomic mass is 9.75. The standard InChI is InChI=1S/C49H66O9Si/c1-37(30-38-20-11-7-12-21-38)42(57-59(5,6)46(2,3)4)28-19-29-49-45(55-33-41-26-17-10-18-27-41)44(51)48(35-50,58-49)47(52,36-54-32-40-24-15-9-16-25-40)43(56-49)34-53-31-39-22-13-8-14-23-39/h7-18,20-27,37,42-45,50-52H,19,28-36H2,1-6H3/t37-,42-,43-,44-,45+,47+,48+,49-/m1/s1. The Kier molecular flexibility index (Phi) is 15.1. The molecule has 10 heteroatoms. The normalized spacial score (nSPS) is 26.8. The minimum atomic E-state index is -2.18. The number of ether oxygens (including phenoxy) is 5. The Balaban J connectivity index is 1.32. The van der Waals surface area contributed by atoms with E-state index in [2.05, 4.69) is 65.1 Å². The number of rotatable bonds is 21. The fourth-order valence-corrected chi connectivity index (χ4v) is 9.74. The van der Waals surface area contributed by atoms with Crippen LogP contribution in [0.1, 0.15) is 69.2 Å². The van der Waals surface area contributed by atoms with Crippen molar-refractivity contribution in [2.24, 2.45) is 5.92 Å². The van der Waals surface area contributed by atoms with Crippen LogP contribution in [0.4, 0.5) is 0 Å². The summed E-state index contributed by atoms with van der Waals surface area (Å²) in [5.74, 6) is -1.34. The van der Waals surface area contributed by atoms with Crippen LogP contribution in [0, 0.1) is 5.92 Å². The highest BCUT2D eigenvalue weighted by Gasteiger charge is 2.77. The van der Waals surface area contributed by atoms with Gasteiger partial charge in [-0.3, -0.25) is 0 Å². The number of benzene rings is 4. The van der Waals surface area contributed by atoms with Crippen LogP contribution in [0.3, 0.4) is 0 Å². The molecule has 2 aliphatic heterocycles. The topological polar surface area (TPSA) is 116 Å². The van der Waals surface area contributed by atoms with E-state index in [0.29, 0.717) is 19.3 Å². The number of hydrogen-bond acceptors (Lipinski definition) is 9. The molecule has 8 atom stereocenters. The van der Waals surface area contributed by atoms with E-state index in [1.54, 1.807) is 0 Å². The molecule has 0 spiro atoms. The van der Waals surface area contributed by atoms with Crippen LogP contribution in [0.5, 0.6) is 0 Å². The Morgan fingerprint density at radius 1 is 0.746 bits per heavy atom. The first kappa shape index (κ1) is 45.3. The molecule has 2 heterocycles. The van der Waals surface area contributed by atoms with Gasteiger partial charge in [-0.2, -0.15) is 0 Å². The van der Waals surface area contributed by atoms with Gasteiger partial charge in [0, 0.05) is 12.5 Å². The van der Waals surface area contributed by atoms with Crippen LogP contribution in [-0.2, 0) is 54.4 Å². The molecule has 6 rings (SSSR count). The van der Waals surface area contributed by atoms with Crippen LogP contribution in [0.2, 0.25) is 18.1 Å². The maximum atomic E-state index is 12.9. The maximum Gasteiger partial charge on any atom is 0.198 e. The quantitative estimate of drug-likeness (QED) is 0.0713. The van der Waals surface area contributed by atoms with Crippen molar-refractivity contribution < 1.29 is 43.4 Å². The maximum absolute atomic E-state index is 12.9. The molecule has 2 fully saturated rings. The van der Waals surface area contributed by atoms with Gasteiger partial charge in [0.2, 0.25) is 0 Å². The summed E-state index contributed by atoms with van der Waals surface area (Å²) in [6.45, 7) is 13.1. The van der Waals surface area contributed by atoms with Crippen LogP contribution in [0.15, 0.2) is 121 Å². The van der Waals surface area contributed by atoms with Gasteiger partial charge in [-0.05, 0) is 65.6 Å². The first-order valence-electron chi connectivity index (χ1n) is 21.2. The molecular weight excluding hydrogens is 761 g/mol. The highest BCUT2D eigenvalue weighted by Crippen LogP contribution is 2.55. The Morgan fingerprint density at radius 3 is 1.78 bits per heavy atom. The van der Waals surface area contributed by atoms with Gasteiger partial charge in [-0.15, -0.1) is 0 Å². The molecule has 59 heavy (non-hydrogen) atoms. The minimum Gasteiger partial charge on any atom is -0.414 e. The molecule has 0 unspecified atom stereocenters. The van der Waals surface area contributed by atoms with Gasteiger partial charge in [-0.25, -0.2) is 0 Å². The highest BCUT2D eigenvalue weighted by molar-refractivity contribution is 6.74. The monoisotopic (exact) mass is 826 g/mol. The second-order valence-corrected chi connectivity index (χ2v) is 22.9. The van der Waals surface area contributed by atoms with Gasteiger partial charge in [-0.1, -0.05) is 149 Å².